The van der Waals surface area contributed by atoms with Gasteiger partial charge in [-0.15, -0.1) is 0 Å². The summed E-state index contributed by atoms with van der Waals surface area (Å²) in [5.41, 5.74) is 1.74. The molecule has 2 aliphatic heterocycles. The molecule has 0 aliphatic carbocycles. The maximum absolute atomic E-state index is 12.3. The van der Waals surface area contributed by atoms with Crippen LogP contribution in [-0.2, 0) is 16.1 Å². The fourth-order valence-corrected chi connectivity index (χ4v) is 2.90. The molecule has 1 N–H and O–H groups in total. The fourth-order valence-electron chi connectivity index (χ4n) is 2.90. The SMILES string of the molecule is O=C(CCN1Cc2ccccc2C1=O)N1CCOC[C@H](O)C1. The minimum atomic E-state index is -0.635. The summed E-state index contributed by atoms with van der Waals surface area (Å²) in [5.74, 6) is -0.0593. The highest BCUT2D eigenvalue weighted by Gasteiger charge is 2.28. The predicted molar refractivity (Wildman–Crippen MR) is 79.2 cm³/mol. The van der Waals surface area contributed by atoms with Gasteiger partial charge in [0.05, 0.1) is 19.3 Å². The van der Waals surface area contributed by atoms with E-state index < -0.39 is 6.10 Å². The van der Waals surface area contributed by atoms with Crippen molar-refractivity contribution in [1.82, 2.24) is 9.80 Å². The Hall–Kier alpha value is -1.92. The van der Waals surface area contributed by atoms with E-state index in [1.54, 1.807) is 9.80 Å². The number of carbonyl (C=O) groups excluding carboxylic acids is 2. The third kappa shape index (κ3) is 3.13. The van der Waals surface area contributed by atoms with E-state index in [2.05, 4.69) is 0 Å². The summed E-state index contributed by atoms with van der Waals surface area (Å²) in [6.45, 7) is 2.46. The van der Waals surface area contributed by atoms with Gasteiger partial charge < -0.3 is 19.6 Å². The quantitative estimate of drug-likeness (QED) is 0.869. The standard InChI is InChI=1S/C16H20N2O4/c19-13-10-17(7-8-22-11-13)15(20)5-6-18-9-12-3-1-2-4-14(12)16(18)21/h1-4,13,19H,5-11H2/t13-/m1/s1. The van der Waals surface area contributed by atoms with Crippen molar-refractivity contribution in [2.45, 2.75) is 19.1 Å². The summed E-state index contributed by atoms with van der Waals surface area (Å²) in [5, 5.41) is 9.67. The summed E-state index contributed by atoms with van der Waals surface area (Å²) >= 11 is 0. The predicted octanol–water partition coefficient (Wildman–Crippen LogP) is 0.252. The lowest BCUT2D eigenvalue weighted by Crippen LogP contribution is -2.39. The molecule has 0 bridgehead atoms. The highest BCUT2D eigenvalue weighted by Crippen LogP contribution is 2.22. The van der Waals surface area contributed by atoms with Gasteiger partial charge in [-0.25, -0.2) is 0 Å². The van der Waals surface area contributed by atoms with Crippen molar-refractivity contribution in [3.8, 4) is 0 Å². The number of aliphatic hydroxyl groups is 1. The number of nitrogens with zero attached hydrogens (tertiary/aromatic N) is 2. The lowest BCUT2D eigenvalue weighted by atomic mass is 10.1. The van der Waals surface area contributed by atoms with Crippen molar-refractivity contribution in [1.29, 1.82) is 0 Å². The number of ether oxygens (including phenoxy) is 1. The molecule has 0 spiro atoms. The average Bonchev–Trinajstić information content (AvgIpc) is 2.69. The highest BCUT2D eigenvalue weighted by atomic mass is 16.5. The highest BCUT2D eigenvalue weighted by molar-refractivity contribution is 5.98. The van der Waals surface area contributed by atoms with Gasteiger partial charge in [0.15, 0.2) is 0 Å². The number of aliphatic hydroxyl groups excluding tert-OH is 1. The van der Waals surface area contributed by atoms with Crippen LogP contribution in [0.15, 0.2) is 24.3 Å². The summed E-state index contributed by atoms with van der Waals surface area (Å²) in [6.07, 6.45) is -0.365. The molecular weight excluding hydrogens is 284 g/mol. The first-order valence-corrected chi connectivity index (χ1v) is 7.56. The number of hydrogen-bond donors (Lipinski definition) is 1. The van der Waals surface area contributed by atoms with Gasteiger partial charge in [-0.05, 0) is 11.6 Å². The van der Waals surface area contributed by atoms with Crippen LogP contribution in [0.5, 0.6) is 0 Å². The molecule has 6 nitrogen and oxygen atoms in total. The Morgan fingerprint density at radius 1 is 1.36 bits per heavy atom. The number of fused-ring (bicyclic) bond motifs is 1. The van der Waals surface area contributed by atoms with Gasteiger partial charge in [-0.3, -0.25) is 9.59 Å². The minimum absolute atomic E-state index is 0.0114. The molecule has 0 saturated carbocycles. The molecule has 1 atom stereocenters. The van der Waals surface area contributed by atoms with Gasteiger partial charge in [0, 0.05) is 38.2 Å². The van der Waals surface area contributed by atoms with Gasteiger partial charge >= 0.3 is 0 Å². The van der Waals surface area contributed by atoms with E-state index in [0.717, 1.165) is 11.1 Å². The van der Waals surface area contributed by atoms with E-state index in [9.17, 15) is 14.7 Å². The molecule has 1 aromatic rings. The molecule has 0 radical (unpaired) electrons. The number of benzene rings is 1. The van der Waals surface area contributed by atoms with Crippen LogP contribution in [0.3, 0.4) is 0 Å². The molecule has 6 heteroatoms. The van der Waals surface area contributed by atoms with Crippen LogP contribution in [0.4, 0.5) is 0 Å². The molecule has 1 saturated heterocycles. The second-order valence-corrected chi connectivity index (χ2v) is 5.70. The zero-order valence-electron chi connectivity index (χ0n) is 12.4. The van der Waals surface area contributed by atoms with Crippen LogP contribution in [0.2, 0.25) is 0 Å². The van der Waals surface area contributed by atoms with Crippen molar-refractivity contribution in [3.05, 3.63) is 35.4 Å². The smallest absolute Gasteiger partial charge is 0.254 e. The van der Waals surface area contributed by atoms with Gasteiger partial charge in [0.2, 0.25) is 5.91 Å². The monoisotopic (exact) mass is 304 g/mol. The molecular formula is C16H20N2O4. The Morgan fingerprint density at radius 3 is 3.00 bits per heavy atom. The van der Waals surface area contributed by atoms with Crippen LogP contribution in [0, 0.1) is 0 Å². The molecule has 2 aliphatic rings. The molecule has 22 heavy (non-hydrogen) atoms. The van der Waals surface area contributed by atoms with Crippen LogP contribution >= 0.6 is 0 Å². The van der Waals surface area contributed by atoms with Gasteiger partial charge in [0.25, 0.3) is 5.91 Å². The Labute approximate surface area is 129 Å². The molecule has 3 rings (SSSR count). The number of amides is 2. The van der Waals surface area contributed by atoms with Gasteiger partial charge in [-0.1, -0.05) is 18.2 Å². The van der Waals surface area contributed by atoms with E-state index in [1.165, 1.54) is 0 Å². The van der Waals surface area contributed by atoms with E-state index in [4.69, 9.17) is 4.74 Å². The van der Waals surface area contributed by atoms with E-state index in [-0.39, 0.29) is 24.8 Å². The van der Waals surface area contributed by atoms with Crippen LogP contribution < -0.4 is 0 Å². The zero-order valence-corrected chi connectivity index (χ0v) is 12.4. The van der Waals surface area contributed by atoms with E-state index in [0.29, 0.717) is 32.8 Å². The Balaban J connectivity index is 1.55. The van der Waals surface area contributed by atoms with E-state index in [1.807, 2.05) is 24.3 Å². The number of rotatable bonds is 3. The normalized spacial score (nSPS) is 21.7. The van der Waals surface area contributed by atoms with Crippen molar-refractivity contribution in [3.63, 3.8) is 0 Å². The lowest BCUT2D eigenvalue weighted by Gasteiger charge is -2.23. The summed E-state index contributed by atoms with van der Waals surface area (Å²) in [4.78, 5) is 27.8. The van der Waals surface area contributed by atoms with Crippen molar-refractivity contribution < 1.29 is 19.4 Å². The van der Waals surface area contributed by atoms with Crippen LogP contribution in [0.25, 0.3) is 0 Å². The van der Waals surface area contributed by atoms with Gasteiger partial charge in [-0.2, -0.15) is 0 Å². The molecule has 118 valence electrons. The summed E-state index contributed by atoms with van der Waals surface area (Å²) in [7, 11) is 0. The maximum atomic E-state index is 12.3. The molecule has 2 heterocycles. The first kappa shape index (κ1) is 15.0. The number of carbonyl (C=O) groups is 2. The Kier molecular flexibility index (Phi) is 4.40. The number of β-amino-alcohol motifs (C(OH)–C–C–N with tert-alkyl or cyclic N) is 1. The number of hydrogen-bond acceptors (Lipinski definition) is 4. The lowest BCUT2D eigenvalue weighted by molar-refractivity contribution is -0.132. The second-order valence-electron chi connectivity index (χ2n) is 5.70. The van der Waals surface area contributed by atoms with Crippen LogP contribution in [0.1, 0.15) is 22.3 Å². The third-order valence-electron chi connectivity index (χ3n) is 4.09. The molecule has 1 aromatic carbocycles. The summed E-state index contributed by atoms with van der Waals surface area (Å²) in [6, 6.07) is 7.53. The Morgan fingerprint density at radius 2 is 2.18 bits per heavy atom. The molecule has 2 amide bonds. The van der Waals surface area contributed by atoms with E-state index >= 15 is 0 Å². The largest absolute Gasteiger partial charge is 0.389 e. The minimum Gasteiger partial charge on any atom is -0.389 e. The fraction of sp³-hybridized carbons (Fsp3) is 0.500. The summed E-state index contributed by atoms with van der Waals surface area (Å²) < 4.78 is 5.22. The van der Waals surface area contributed by atoms with Crippen LogP contribution in [-0.4, -0.2) is 65.7 Å². The van der Waals surface area contributed by atoms with Crippen molar-refractivity contribution >= 4 is 11.8 Å². The Bertz CT molecular complexity index is 575. The van der Waals surface area contributed by atoms with Crippen molar-refractivity contribution in [2.24, 2.45) is 0 Å². The average molecular weight is 304 g/mol. The first-order chi connectivity index (χ1) is 10.6. The maximum Gasteiger partial charge on any atom is 0.254 e. The topological polar surface area (TPSA) is 70.1 Å². The zero-order chi connectivity index (χ0) is 15.5. The van der Waals surface area contributed by atoms with Crippen molar-refractivity contribution in [2.75, 3.05) is 32.8 Å². The second kappa shape index (κ2) is 6.46. The third-order valence-corrected chi connectivity index (χ3v) is 4.09. The first-order valence-electron chi connectivity index (χ1n) is 7.56. The molecule has 0 unspecified atom stereocenters. The molecule has 1 fully saturated rings. The van der Waals surface area contributed by atoms with Gasteiger partial charge in [0.1, 0.15) is 0 Å². The molecule has 0 aromatic heterocycles.